The van der Waals surface area contributed by atoms with E-state index in [0.29, 0.717) is 11.6 Å². The number of benzene rings is 1. The smallest absolute Gasteiger partial charge is 0.332 e. The van der Waals surface area contributed by atoms with Crippen molar-refractivity contribution >= 4 is 34.7 Å². The molecule has 2 aromatic rings. The molecule has 1 heterocycles. The average Bonchev–Trinajstić information content (AvgIpc) is 2.39. The minimum Gasteiger partial charge on any atom is -0.349 e. The van der Waals surface area contributed by atoms with Gasteiger partial charge in [0.1, 0.15) is 5.69 Å². The van der Waals surface area contributed by atoms with Crippen LogP contribution in [0.15, 0.2) is 24.3 Å². The van der Waals surface area contributed by atoms with Crippen LogP contribution < -0.4 is 4.90 Å². The molecular formula is C13H12Cl2N4O2. The summed E-state index contributed by atoms with van der Waals surface area (Å²) in [7, 11) is 1.69. The van der Waals surface area contributed by atoms with Crippen molar-refractivity contribution in [2.45, 2.75) is 13.5 Å². The van der Waals surface area contributed by atoms with Gasteiger partial charge >= 0.3 is 5.69 Å². The monoisotopic (exact) mass is 326 g/mol. The highest BCUT2D eigenvalue weighted by atomic mass is 35.5. The number of nitrogens with zero attached hydrogens (tertiary/aromatic N) is 4. The van der Waals surface area contributed by atoms with Crippen molar-refractivity contribution in [2.75, 3.05) is 11.9 Å². The largest absolute Gasteiger partial charge is 0.349 e. The van der Waals surface area contributed by atoms with Crippen LogP contribution in [0.2, 0.25) is 10.3 Å². The molecule has 110 valence electrons. The van der Waals surface area contributed by atoms with E-state index in [0.717, 1.165) is 5.56 Å². The van der Waals surface area contributed by atoms with Gasteiger partial charge < -0.3 is 4.90 Å². The molecule has 0 unspecified atom stereocenters. The molecule has 0 radical (unpaired) electrons. The van der Waals surface area contributed by atoms with Crippen LogP contribution in [-0.2, 0) is 6.54 Å². The van der Waals surface area contributed by atoms with E-state index < -0.39 is 4.92 Å². The van der Waals surface area contributed by atoms with Crippen molar-refractivity contribution in [3.05, 3.63) is 55.9 Å². The first-order valence-corrected chi connectivity index (χ1v) is 6.79. The molecule has 0 atom stereocenters. The Labute approximate surface area is 131 Å². The lowest BCUT2D eigenvalue weighted by molar-refractivity contribution is -0.385. The summed E-state index contributed by atoms with van der Waals surface area (Å²) in [6.07, 6.45) is 0. The first-order chi connectivity index (χ1) is 9.90. The van der Waals surface area contributed by atoms with Crippen molar-refractivity contribution in [3.8, 4) is 0 Å². The Balaban J connectivity index is 2.41. The Hall–Kier alpha value is -1.92. The van der Waals surface area contributed by atoms with Crippen LogP contribution >= 0.6 is 23.2 Å². The molecule has 0 saturated heterocycles. The molecular weight excluding hydrogens is 315 g/mol. The third-order valence-corrected chi connectivity index (χ3v) is 3.46. The van der Waals surface area contributed by atoms with Gasteiger partial charge in [-0.1, -0.05) is 29.8 Å². The predicted octanol–water partition coefficient (Wildman–Crippen LogP) is 3.64. The minimum absolute atomic E-state index is 0.0286. The van der Waals surface area contributed by atoms with Crippen LogP contribution in [0.25, 0.3) is 0 Å². The van der Waals surface area contributed by atoms with Crippen molar-refractivity contribution in [2.24, 2.45) is 0 Å². The number of halogens is 2. The van der Waals surface area contributed by atoms with Crippen molar-refractivity contribution in [3.63, 3.8) is 0 Å². The van der Waals surface area contributed by atoms with Gasteiger partial charge in [-0.05, 0) is 30.2 Å². The molecule has 6 nitrogen and oxygen atoms in total. The molecule has 21 heavy (non-hydrogen) atoms. The molecule has 0 N–H and O–H groups in total. The molecule has 0 aliphatic rings. The van der Waals surface area contributed by atoms with Crippen LogP contribution in [0.4, 0.5) is 11.5 Å². The Kier molecular flexibility index (Phi) is 4.59. The standard InChI is InChI=1S/C13H12Cl2N4O2/c1-8-11(19(20)21)12(17-13(15)16-8)18(2)7-9-5-3-4-6-10(9)14/h3-6H,7H2,1-2H3. The molecule has 0 bridgehead atoms. The van der Waals surface area contributed by atoms with E-state index in [2.05, 4.69) is 9.97 Å². The first-order valence-electron chi connectivity index (χ1n) is 6.03. The zero-order valence-electron chi connectivity index (χ0n) is 11.4. The van der Waals surface area contributed by atoms with E-state index >= 15 is 0 Å². The van der Waals surface area contributed by atoms with Crippen LogP contribution in [-0.4, -0.2) is 21.9 Å². The summed E-state index contributed by atoms with van der Waals surface area (Å²) in [4.78, 5) is 20.1. The number of nitro groups is 1. The van der Waals surface area contributed by atoms with Gasteiger partial charge in [0.15, 0.2) is 0 Å². The van der Waals surface area contributed by atoms with Gasteiger partial charge in [0.2, 0.25) is 11.1 Å². The number of aromatic nitrogens is 2. The molecule has 0 spiro atoms. The second-order valence-corrected chi connectivity index (χ2v) is 5.20. The van der Waals surface area contributed by atoms with Crippen molar-refractivity contribution in [1.29, 1.82) is 0 Å². The van der Waals surface area contributed by atoms with Crippen LogP contribution in [0.3, 0.4) is 0 Å². The number of aryl methyl sites for hydroxylation is 1. The maximum Gasteiger partial charge on any atom is 0.332 e. The molecule has 0 amide bonds. The summed E-state index contributed by atoms with van der Waals surface area (Å²) in [5.74, 6) is 0.164. The number of anilines is 1. The van der Waals surface area contributed by atoms with Crippen molar-refractivity contribution < 1.29 is 4.92 Å². The number of hydrogen-bond donors (Lipinski definition) is 0. The van der Waals surface area contributed by atoms with E-state index in [4.69, 9.17) is 23.2 Å². The zero-order chi connectivity index (χ0) is 15.6. The molecule has 0 fully saturated rings. The summed E-state index contributed by atoms with van der Waals surface area (Å²) in [6.45, 7) is 1.89. The van der Waals surface area contributed by atoms with Crippen LogP contribution in [0.1, 0.15) is 11.3 Å². The van der Waals surface area contributed by atoms with Gasteiger partial charge in [-0.15, -0.1) is 0 Å². The minimum atomic E-state index is -0.510. The number of hydrogen-bond acceptors (Lipinski definition) is 5. The zero-order valence-corrected chi connectivity index (χ0v) is 12.9. The average molecular weight is 327 g/mol. The summed E-state index contributed by atoms with van der Waals surface area (Å²) in [5, 5.41) is 11.8. The lowest BCUT2D eigenvalue weighted by atomic mass is 10.2. The van der Waals surface area contributed by atoms with E-state index in [1.54, 1.807) is 18.0 Å². The van der Waals surface area contributed by atoms with Gasteiger partial charge in [0.25, 0.3) is 0 Å². The van der Waals surface area contributed by atoms with Crippen molar-refractivity contribution in [1.82, 2.24) is 9.97 Å². The second-order valence-electron chi connectivity index (χ2n) is 4.45. The molecule has 2 rings (SSSR count). The SMILES string of the molecule is Cc1nc(Cl)nc(N(C)Cc2ccccc2Cl)c1[N+](=O)[O-]. The van der Waals surface area contributed by atoms with Gasteiger partial charge in [0, 0.05) is 18.6 Å². The Morgan fingerprint density at radius 2 is 1.95 bits per heavy atom. The second kappa shape index (κ2) is 6.24. The highest BCUT2D eigenvalue weighted by Crippen LogP contribution is 2.30. The summed E-state index contributed by atoms with van der Waals surface area (Å²) in [6, 6.07) is 7.28. The Morgan fingerprint density at radius 1 is 1.29 bits per heavy atom. The normalized spacial score (nSPS) is 10.5. The fourth-order valence-corrected chi connectivity index (χ4v) is 2.36. The van der Waals surface area contributed by atoms with Gasteiger partial charge in [-0.25, -0.2) is 4.98 Å². The quantitative estimate of drug-likeness (QED) is 0.487. The lowest BCUT2D eigenvalue weighted by Crippen LogP contribution is -2.20. The van der Waals surface area contributed by atoms with E-state index in [9.17, 15) is 10.1 Å². The fraction of sp³-hybridized carbons (Fsp3) is 0.231. The van der Waals surface area contributed by atoms with Crippen LogP contribution in [0, 0.1) is 17.0 Å². The topological polar surface area (TPSA) is 72.2 Å². The third-order valence-electron chi connectivity index (χ3n) is 2.92. The molecule has 1 aromatic heterocycles. The molecule has 8 heteroatoms. The summed E-state index contributed by atoms with van der Waals surface area (Å²) >= 11 is 11.9. The highest BCUT2D eigenvalue weighted by molar-refractivity contribution is 6.31. The first kappa shape index (κ1) is 15.5. The maximum atomic E-state index is 11.2. The molecule has 0 saturated carbocycles. The van der Waals surface area contributed by atoms with E-state index in [1.807, 2.05) is 18.2 Å². The van der Waals surface area contributed by atoms with E-state index in [-0.39, 0.29) is 22.5 Å². The van der Waals surface area contributed by atoms with Gasteiger partial charge in [-0.2, -0.15) is 4.98 Å². The fourth-order valence-electron chi connectivity index (χ4n) is 1.96. The van der Waals surface area contributed by atoms with Crippen LogP contribution in [0.5, 0.6) is 0 Å². The summed E-state index contributed by atoms with van der Waals surface area (Å²) in [5.41, 5.74) is 0.901. The Bertz CT molecular complexity index is 694. The molecule has 0 aliphatic carbocycles. The molecule has 1 aromatic carbocycles. The Morgan fingerprint density at radius 3 is 2.57 bits per heavy atom. The van der Waals surface area contributed by atoms with Gasteiger partial charge in [0.05, 0.1) is 4.92 Å². The number of rotatable bonds is 4. The molecule has 0 aliphatic heterocycles. The predicted molar refractivity (Wildman–Crippen MR) is 82.0 cm³/mol. The summed E-state index contributed by atoms with van der Waals surface area (Å²) < 4.78 is 0. The maximum absolute atomic E-state index is 11.2. The third kappa shape index (κ3) is 3.40. The van der Waals surface area contributed by atoms with Gasteiger partial charge in [-0.3, -0.25) is 10.1 Å². The lowest BCUT2D eigenvalue weighted by Gasteiger charge is -2.19. The highest BCUT2D eigenvalue weighted by Gasteiger charge is 2.24. The van der Waals surface area contributed by atoms with E-state index in [1.165, 1.54) is 6.92 Å².